The van der Waals surface area contributed by atoms with E-state index in [1.165, 1.54) is 18.3 Å². The number of para-hydroxylation sites is 1. The van der Waals surface area contributed by atoms with Crippen LogP contribution in [-0.4, -0.2) is 33.9 Å². The lowest BCUT2D eigenvalue weighted by molar-refractivity contribution is 0.0677. The zero-order chi connectivity index (χ0) is 18.7. The maximum Gasteiger partial charge on any atom is 0.272 e. The van der Waals surface area contributed by atoms with Crippen molar-refractivity contribution in [2.24, 2.45) is 5.92 Å². The Labute approximate surface area is 155 Å². The number of likely N-dealkylation sites (tertiary alicyclic amines) is 1. The van der Waals surface area contributed by atoms with E-state index in [0.29, 0.717) is 17.4 Å². The van der Waals surface area contributed by atoms with E-state index in [2.05, 4.69) is 49.0 Å². The number of nitrogens with one attached hydrogen (secondary N) is 1. The molecule has 1 unspecified atom stereocenters. The Hall–Kier alpha value is -2.43. The lowest BCUT2D eigenvalue weighted by Gasteiger charge is -2.30. The Kier molecular flexibility index (Phi) is 5.25. The Balaban J connectivity index is 1.81. The lowest BCUT2D eigenvalue weighted by Crippen LogP contribution is -2.39. The normalized spacial score (nSPS) is 17.8. The summed E-state index contributed by atoms with van der Waals surface area (Å²) in [7, 11) is 0. The van der Waals surface area contributed by atoms with Gasteiger partial charge in [0.25, 0.3) is 5.91 Å². The number of nitrogens with zero attached hydrogens (tertiary/aromatic N) is 3. The minimum atomic E-state index is -0.00823. The Bertz CT molecular complexity index is 782. The number of hydrogen-bond acceptors (Lipinski definition) is 4. The second-order valence-corrected chi connectivity index (χ2v) is 8.21. The van der Waals surface area contributed by atoms with Gasteiger partial charge in [-0.15, -0.1) is 0 Å². The van der Waals surface area contributed by atoms with E-state index in [-0.39, 0.29) is 11.3 Å². The van der Waals surface area contributed by atoms with Crippen molar-refractivity contribution in [1.29, 1.82) is 0 Å². The van der Waals surface area contributed by atoms with E-state index in [4.69, 9.17) is 0 Å². The monoisotopic (exact) mass is 352 g/mol. The van der Waals surface area contributed by atoms with Gasteiger partial charge < -0.3 is 10.2 Å². The number of anilines is 2. The largest absolute Gasteiger partial charge is 0.340 e. The number of hydrogen-bond donors (Lipinski definition) is 1. The molecule has 1 N–H and O–H groups in total. The number of amides is 1. The van der Waals surface area contributed by atoms with Gasteiger partial charge in [-0.05, 0) is 35.8 Å². The van der Waals surface area contributed by atoms with Crippen molar-refractivity contribution in [3.8, 4) is 0 Å². The summed E-state index contributed by atoms with van der Waals surface area (Å²) in [5.41, 5.74) is 2.67. The SMILES string of the molecule is CC1CCCN(C(=O)c2cc(Nc3ccccc3C(C)(C)C)ncn2)C1. The molecule has 5 nitrogen and oxygen atoms in total. The number of aromatic nitrogens is 2. The molecule has 1 aromatic heterocycles. The predicted octanol–water partition coefficient (Wildman–Crippen LogP) is 4.39. The summed E-state index contributed by atoms with van der Waals surface area (Å²) in [5.74, 6) is 1.18. The number of carbonyl (C=O) groups excluding carboxylic acids is 1. The van der Waals surface area contributed by atoms with Gasteiger partial charge in [0.15, 0.2) is 0 Å². The van der Waals surface area contributed by atoms with Crippen molar-refractivity contribution in [3.05, 3.63) is 47.9 Å². The van der Waals surface area contributed by atoms with Gasteiger partial charge in [0.05, 0.1) is 0 Å². The highest BCUT2D eigenvalue weighted by molar-refractivity contribution is 5.93. The van der Waals surface area contributed by atoms with Crippen LogP contribution in [0.5, 0.6) is 0 Å². The summed E-state index contributed by atoms with van der Waals surface area (Å²) in [5, 5.41) is 3.36. The van der Waals surface area contributed by atoms with E-state index in [1.807, 2.05) is 23.1 Å². The molecule has 3 rings (SSSR count). The quantitative estimate of drug-likeness (QED) is 0.890. The summed E-state index contributed by atoms with van der Waals surface area (Å²) < 4.78 is 0. The molecule has 2 heterocycles. The Morgan fingerprint density at radius 3 is 2.73 bits per heavy atom. The van der Waals surface area contributed by atoms with Crippen LogP contribution >= 0.6 is 0 Å². The molecule has 1 aromatic carbocycles. The number of carbonyl (C=O) groups is 1. The topological polar surface area (TPSA) is 58.1 Å². The van der Waals surface area contributed by atoms with E-state index in [9.17, 15) is 4.79 Å². The lowest BCUT2D eigenvalue weighted by atomic mass is 9.86. The van der Waals surface area contributed by atoms with Gasteiger partial charge in [-0.1, -0.05) is 45.9 Å². The molecular weight excluding hydrogens is 324 g/mol. The summed E-state index contributed by atoms with van der Waals surface area (Å²) in [6.07, 6.45) is 3.70. The summed E-state index contributed by atoms with van der Waals surface area (Å²) >= 11 is 0. The third-order valence-corrected chi connectivity index (χ3v) is 4.83. The average Bonchev–Trinajstić information content (AvgIpc) is 2.61. The first-order valence-electron chi connectivity index (χ1n) is 9.32. The molecule has 1 fully saturated rings. The maximum atomic E-state index is 12.8. The van der Waals surface area contributed by atoms with Crippen LogP contribution in [-0.2, 0) is 5.41 Å². The van der Waals surface area contributed by atoms with Gasteiger partial charge in [0.1, 0.15) is 17.8 Å². The molecule has 1 aliphatic heterocycles. The zero-order valence-corrected chi connectivity index (χ0v) is 16.1. The smallest absolute Gasteiger partial charge is 0.272 e. The maximum absolute atomic E-state index is 12.8. The van der Waals surface area contributed by atoms with Gasteiger partial charge >= 0.3 is 0 Å². The molecule has 1 atom stereocenters. The highest BCUT2D eigenvalue weighted by Crippen LogP contribution is 2.31. The molecule has 0 radical (unpaired) electrons. The molecule has 5 heteroatoms. The van der Waals surface area contributed by atoms with E-state index < -0.39 is 0 Å². The zero-order valence-electron chi connectivity index (χ0n) is 16.1. The summed E-state index contributed by atoms with van der Waals surface area (Å²) in [6, 6.07) is 9.94. The van der Waals surface area contributed by atoms with Crippen LogP contribution in [0.25, 0.3) is 0 Å². The van der Waals surface area contributed by atoms with Crippen molar-refractivity contribution in [2.75, 3.05) is 18.4 Å². The van der Waals surface area contributed by atoms with E-state index in [0.717, 1.165) is 25.2 Å². The van der Waals surface area contributed by atoms with Crippen LogP contribution in [0, 0.1) is 5.92 Å². The Morgan fingerprint density at radius 2 is 2.00 bits per heavy atom. The molecule has 1 saturated heterocycles. The van der Waals surface area contributed by atoms with Gasteiger partial charge in [-0.25, -0.2) is 9.97 Å². The van der Waals surface area contributed by atoms with Crippen molar-refractivity contribution in [2.45, 2.75) is 46.0 Å². The van der Waals surface area contributed by atoms with E-state index in [1.54, 1.807) is 6.07 Å². The van der Waals surface area contributed by atoms with Crippen LogP contribution in [0.3, 0.4) is 0 Å². The third-order valence-electron chi connectivity index (χ3n) is 4.83. The minimum Gasteiger partial charge on any atom is -0.340 e. The fourth-order valence-electron chi connectivity index (χ4n) is 3.46. The van der Waals surface area contributed by atoms with Crippen molar-refractivity contribution in [3.63, 3.8) is 0 Å². The highest BCUT2D eigenvalue weighted by atomic mass is 16.2. The van der Waals surface area contributed by atoms with Crippen LogP contribution < -0.4 is 5.32 Å². The van der Waals surface area contributed by atoms with Gasteiger partial charge in [0.2, 0.25) is 0 Å². The summed E-state index contributed by atoms with van der Waals surface area (Å²) in [6.45, 7) is 10.3. The fourth-order valence-corrected chi connectivity index (χ4v) is 3.46. The highest BCUT2D eigenvalue weighted by Gasteiger charge is 2.23. The molecular formula is C21H28N4O. The molecule has 26 heavy (non-hydrogen) atoms. The first-order valence-corrected chi connectivity index (χ1v) is 9.32. The molecule has 2 aromatic rings. The first kappa shape index (κ1) is 18.4. The van der Waals surface area contributed by atoms with Gasteiger partial charge in [0, 0.05) is 24.8 Å². The molecule has 0 saturated carbocycles. The molecule has 0 spiro atoms. The van der Waals surface area contributed by atoms with E-state index >= 15 is 0 Å². The number of rotatable bonds is 3. The average molecular weight is 352 g/mol. The van der Waals surface area contributed by atoms with Crippen molar-refractivity contribution >= 4 is 17.4 Å². The van der Waals surface area contributed by atoms with Crippen LogP contribution in [0.15, 0.2) is 36.7 Å². The van der Waals surface area contributed by atoms with Crippen LogP contribution in [0.1, 0.15) is 56.6 Å². The number of benzene rings is 1. The van der Waals surface area contributed by atoms with Crippen molar-refractivity contribution in [1.82, 2.24) is 14.9 Å². The number of piperidine rings is 1. The molecule has 1 amide bonds. The summed E-state index contributed by atoms with van der Waals surface area (Å²) in [4.78, 5) is 23.2. The second kappa shape index (κ2) is 7.44. The van der Waals surface area contributed by atoms with Gasteiger partial charge in [-0.3, -0.25) is 4.79 Å². The molecule has 138 valence electrons. The second-order valence-electron chi connectivity index (χ2n) is 8.21. The minimum absolute atomic E-state index is 0.00823. The molecule has 0 bridgehead atoms. The Morgan fingerprint density at radius 1 is 1.23 bits per heavy atom. The standard InChI is InChI=1S/C21H28N4O/c1-15-8-7-11-25(13-15)20(26)18-12-19(23-14-22-18)24-17-10-6-5-9-16(17)21(2,3)4/h5-6,9-10,12,14-15H,7-8,11,13H2,1-4H3,(H,22,23,24). The first-order chi connectivity index (χ1) is 12.3. The molecule has 0 aliphatic carbocycles. The van der Waals surface area contributed by atoms with Gasteiger partial charge in [-0.2, -0.15) is 0 Å². The third kappa shape index (κ3) is 4.21. The van der Waals surface area contributed by atoms with Crippen LogP contribution in [0.4, 0.5) is 11.5 Å². The predicted molar refractivity (Wildman–Crippen MR) is 105 cm³/mol. The van der Waals surface area contributed by atoms with Crippen molar-refractivity contribution < 1.29 is 4.79 Å². The molecule has 1 aliphatic rings. The fraction of sp³-hybridized carbons (Fsp3) is 0.476. The van der Waals surface area contributed by atoms with Crippen LogP contribution in [0.2, 0.25) is 0 Å².